The smallest absolute Gasteiger partial charge is 0.339 e. The maximum atomic E-state index is 13.5. The zero-order chi connectivity index (χ0) is 25.1. The first-order chi connectivity index (χ1) is 16.8. The molecule has 1 heterocycles. The summed E-state index contributed by atoms with van der Waals surface area (Å²) in [5.41, 5.74) is 3.86. The molecule has 0 saturated carbocycles. The molecule has 0 spiro atoms. The van der Waals surface area contributed by atoms with Gasteiger partial charge in [-0.1, -0.05) is 48.2 Å². The third-order valence-corrected chi connectivity index (χ3v) is 6.85. The Hall–Kier alpha value is -3.91. The molecule has 4 rings (SSSR count). The number of thioether (sulfide) groups is 1. The number of rotatable bonds is 6. The summed E-state index contributed by atoms with van der Waals surface area (Å²) in [6, 6.07) is 19.7. The highest BCUT2D eigenvalue weighted by Crippen LogP contribution is 2.26. The lowest BCUT2D eigenvalue weighted by molar-refractivity contribution is -0.115. The van der Waals surface area contributed by atoms with Gasteiger partial charge < -0.3 is 9.64 Å². The van der Waals surface area contributed by atoms with Gasteiger partial charge in [-0.3, -0.25) is 14.2 Å². The summed E-state index contributed by atoms with van der Waals surface area (Å²) in [5, 5.41) is 0.929. The second-order valence-electron chi connectivity index (χ2n) is 8.02. The molecule has 0 atom stereocenters. The Morgan fingerprint density at radius 3 is 2.49 bits per heavy atom. The number of anilines is 1. The van der Waals surface area contributed by atoms with Crippen LogP contribution in [0.1, 0.15) is 21.5 Å². The van der Waals surface area contributed by atoms with Crippen LogP contribution in [0, 0.1) is 13.8 Å². The average Bonchev–Trinajstić information content (AvgIpc) is 2.88. The Morgan fingerprint density at radius 2 is 1.71 bits per heavy atom. The Labute approximate surface area is 207 Å². The van der Waals surface area contributed by atoms with Gasteiger partial charge >= 0.3 is 5.97 Å². The SMILES string of the molecule is COC(=O)c1ccccc1N(C)C(=O)CSc1nc2ccccc2c(=O)n1-c1cccc(C)c1C. The minimum absolute atomic E-state index is 0.0155. The van der Waals surface area contributed by atoms with E-state index in [1.54, 1.807) is 48.0 Å². The van der Waals surface area contributed by atoms with E-state index in [2.05, 4.69) is 0 Å². The monoisotopic (exact) mass is 487 g/mol. The number of ether oxygens (including phenoxy) is 1. The normalized spacial score (nSPS) is 10.9. The second kappa shape index (κ2) is 10.1. The fraction of sp³-hybridized carbons (Fsp3) is 0.185. The fourth-order valence-corrected chi connectivity index (χ4v) is 4.73. The molecule has 1 amide bonds. The van der Waals surface area contributed by atoms with E-state index in [9.17, 15) is 14.4 Å². The summed E-state index contributed by atoms with van der Waals surface area (Å²) in [6.07, 6.45) is 0. The standard InChI is InChI=1S/C27H25N3O4S/c1-17-10-9-15-22(18(17)2)30-25(32)19-11-5-7-13-21(19)28-27(30)35-16-24(31)29(3)23-14-8-6-12-20(23)26(33)34-4/h5-15H,16H2,1-4H3. The van der Waals surface area contributed by atoms with E-state index in [0.717, 1.165) is 16.8 Å². The molecule has 3 aromatic carbocycles. The Balaban J connectivity index is 1.72. The van der Waals surface area contributed by atoms with Gasteiger partial charge in [-0.2, -0.15) is 0 Å². The minimum atomic E-state index is -0.520. The predicted molar refractivity (Wildman–Crippen MR) is 139 cm³/mol. The van der Waals surface area contributed by atoms with E-state index in [0.29, 0.717) is 27.3 Å². The zero-order valence-corrected chi connectivity index (χ0v) is 20.8. The van der Waals surface area contributed by atoms with Crippen molar-refractivity contribution in [3.63, 3.8) is 0 Å². The first kappa shape index (κ1) is 24.2. The van der Waals surface area contributed by atoms with Crippen molar-refractivity contribution in [2.75, 3.05) is 24.8 Å². The first-order valence-corrected chi connectivity index (χ1v) is 12.0. The lowest BCUT2D eigenvalue weighted by atomic mass is 10.1. The van der Waals surface area contributed by atoms with E-state index in [1.165, 1.54) is 23.8 Å². The molecule has 178 valence electrons. The molecule has 0 unspecified atom stereocenters. The summed E-state index contributed by atoms with van der Waals surface area (Å²) in [6.45, 7) is 3.95. The van der Waals surface area contributed by atoms with Crippen LogP contribution in [0.25, 0.3) is 16.6 Å². The van der Waals surface area contributed by atoms with Crippen LogP contribution < -0.4 is 10.5 Å². The maximum Gasteiger partial charge on any atom is 0.339 e. The van der Waals surface area contributed by atoms with Crippen molar-refractivity contribution in [2.24, 2.45) is 0 Å². The van der Waals surface area contributed by atoms with Crippen molar-refractivity contribution in [2.45, 2.75) is 19.0 Å². The number of nitrogens with zero attached hydrogens (tertiary/aromatic N) is 3. The van der Waals surface area contributed by atoms with Crippen LogP contribution >= 0.6 is 11.8 Å². The number of hydrogen-bond acceptors (Lipinski definition) is 6. The van der Waals surface area contributed by atoms with Crippen LogP contribution in [0.3, 0.4) is 0 Å². The number of fused-ring (bicyclic) bond motifs is 1. The van der Waals surface area contributed by atoms with Crippen LogP contribution in [0.2, 0.25) is 0 Å². The van der Waals surface area contributed by atoms with E-state index in [1.807, 2.05) is 44.2 Å². The van der Waals surface area contributed by atoms with Gasteiger partial charge in [0.1, 0.15) is 0 Å². The highest BCUT2D eigenvalue weighted by molar-refractivity contribution is 7.99. The molecule has 0 saturated heterocycles. The molecule has 0 N–H and O–H groups in total. The van der Waals surface area contributed by atoms with Gasteiger partial charge in [0, 0.05) is 7.05 Å². The fourth-order valence-electron chi connectivity index (χ4n) is 3.81. The quantitative estimate of drug-likeness (QED) is 0.226. The first-order valence-electron chi connectivity index (χ1n) is 11.0. The van der Waals surface area contributed by atoms with Gasteiger partial charge in [0.2, 0.25) is 5.91 Å². The van der Waals surface area contributed by atoms with Crippen molar-refractivity contribution in [1.82, 2.24) is 9.55 Å². The summed E-state index contributed by atoms with van der Waals surface area (Å²) >= 11 is 1.18. The molecule has 0 bridgehead atoms. The number of amides is 1. The number of esters is 1. The van der Waals surface area contributed by atoms with Gasteiger partial charge in [-0.05, 0) is 55.3 Å². The summed E-state index contributed by atoms with van der Waals surface area (Å²) in [7, 11) is 2.91. The number of para-hydroxylation sites is 2. The summed E-state index contributed by atoms with van der Waals surface area (Å²) in [5.74, 6) is -0.754. The van der Waals surface area contributed by atoms with E-state index in [-0.39, 0.29) is 17.2 Å². The molecular formula is C27H25N3O4S. The maximum absolute atomic E-state index is 13.5. The Morgan fingerprint density at radius 1 is 1.00 bits per heavy atom. The Bertz CT molecular complexity index is 1500. The van der Waals surface area contributed by atoms with Crippen molar-refractivity contribution in [1.29, 1.82) is 0 Å². The van der Waals surface area contributed by atoms with Gasteiger partial charge in [-0.15, -0.1) is 0 Å². The van der Waals surface area contributed by atoms with Crippen LogP contribution in [0.15, 0.2) is 76.7 Å². The van der Waals surface area contributed by atoms with E-state index < -0.39 is 5.97 Å². The molecule has 1 aromatic heterocycles. The van der Waals surface area contributed by atoms with Gasteiger partial charge in [-0.25, -0.2) is 9.78 Å². The largest absolute Gasteiger partial charge is 0.465 e. The van der Waals surface area contributed by atoms with Crippen LogP contribution in [-0.2, 0) is 9.53 Å². The topological polar surface area (TPSA) is 81.5 Å². The molecule has 35 heavy (non-hydrogen) atoms. The zero-order valence-electron chi connectivity index (χ0n) is 19.9. The lowest BCUT2D eigenvalue weighted by Gasteiger charge is -2.20. The number of aryl methyl sites for hydroxylation is 1. The number of carbonyl (C=O) groups excluding carboxylic acids is 2. The minimum Gasteiger partial charge on any atom is -0.465 e. The van der Waals surface area contributed by atoms with Gasteiger partial charge in [0.15, 0.2) is 5.16 Å². The van der Waals surface area contributed by atoms with Crippen molar-refractivity contribution in [3.8, 4) is 5.69 Å². The number of methoxy groups -OCH3 is 1. The van der Waals surface area contributed by atoms with Crippen molar-refractivity contribution < 1.29 is 14.3 Å². The van der Waals surface area contributed by atoms with Crippen LogP contribution in [0.4, 0.5) is 5.69 Å². The molecule has 0 aliphatic heterocycles. The highest BCUT2D eigenvalue weighted by Gasteiger charge is 2.21. The molecule has 0 aliphatic rings. The molecule has 7 nitrogen and oxygen atoms in total. The number of carbonyl (C=O) groups is 2. The third-order valence-electron chi connectivity index (χ3n) is 5.93. The molecule has 4 aromatic rings. The molecule has 0 aliphatic carbocycles. The lowest BCUT2D eigenvalue weighted by Crippen LogP contribution is -2.30. The number of benzene rings is 3. The van der Waals surface area contributed by atoms with Crippen LogP contribution in [-0.4, -0.2) is 41.3 Å². The molecule has 0 fully saturated rings. The van der Waals surface area contributed by atoms with E-state index in [4.69, 9.17) is 9.72 Å². The van der Waals surface area contributed by atoms with Crippen molar-refractivity contribution in [3.05, 3.63) is 93.8 Å². The predicted octanol–water partition coefficient (Wildman–Crippen LogP) is 4.54. The molecule has 0 radical (unpaired) electrons. The highest BCUT2D eigenvalue weighted by atomic mass is 32.2. The Kier molecular flexibility index (Phi) is 7.02. The third kappa shape index (κ3) is 4.70. The summed E-state index contributed by atoms with van der Waals surface area (Å²) in [4.78, 5) is 45.0. The number of hydrogen-bond donors (Lipinski definition) is 0. The van der Waals surface area contributed by atoms with Gasteiger partial charge in [0.25, 0.3) is 5.56 Å². The van der Waals surface area contributed by atoms with E-state index >= 15 is 0 Å². The molecular weight excluding hydrogens is 462 g/mol. The molecule has 8 heteroatoms. The second-order valence-corrected chi connectivity index (χ2v) is 8.96. The van der Waals surface area contributed by atoms with Gasteiger partial charge in [0.05, 0.1) is 40.7 Å². The number of aromatic nitrogens is 2. The summed E-state index contributed by atoms with van der Waals surface area (Å²) < 4.78 is 6.42. The average molecular weight is 488 g/mol. The van der Waals surface area contributed by atoms with Crippen molar-refractivity contribution >= 4 is 40.2 Å². The van der Waals surface area contributed by atoms with Crippen LogP contribution in [0.5, 0.6) is 0 Å².